The Hall–Kier alpha value is -1.21. The van der Waals surface area contributed by atoms with Crippen LogP contribution in [-0.2, 0) is 9.84 Å². The fourth-order valence-corrected chi connectivity index (χ4v) is 4.12. The van der Waals surface area contributed by atoms with Gasteiger partial charge in [0.15, 0.2) is 9.84 Å². The van der Waals surface area contributed by atoms with Gasteiger partial charge in [-0.05, 0) is 38.6 Å². The fourth-order valence-electron chi connectivity index (χ4n) is 3.28. The van der Waals surface area contributed by atoms with Gasteiger partial charge in [-0.15, -0.1) is 0 Å². The minimum Gasteiger partial charge on any atom is -0.341 e. The molecule has 1 aromatic rings. The Morgan fingerprint density at radius 3 is 2.64 bits per heavy atom. The average molecular weight is 324 g/mol. The van der Waals surface area contributed by atoms with Crippen LogP contribution in [0.4, 0.5) is 5.95 Å². The summed E-state index contributed by atoms with van der Waals surface area (Å²) in [4.78, 5) is 11.5. The maximum Gasteiger partial charge on any atom is 0.225 e. The van der Waals surface area contributed by atoms with E-state index in [9.17, 15) is 8.42 Å². The molecule has 0 radical (unpaired) electrons. The number of piperidine rings is 2. The summed E-state index contributed by atoms with van der Waals surface area (Å²) >= 11 is 0. The number of anilines is 1. The molecule has 2 aliphatic heterocycles. The van der Waals surface area contributed by atoms with E-state index in [1.807, 2.05) is 0 Å². The Bertz CT molecular complexity index is 620. The Morgan fingerprint density at radius 2 is 2.00 bits per heavy atom. The molecule has 6 nitrogen and oxygen atoms in total. The second-order valence-corrected chi connectivity index (χ2v) is 8.27. The predicted molar refractivity (Wildman–Crippen MR) is 86.1 cm³/mol. The lowest BCUT2D eigenvalue weighted by Gasteiger charge is -2.29. The molecule has 3 rings (SSSR count). The van der Waals surface area contributed by atoms with E-state index < -0.39 is 9.84 Å². The van der Waals surface area contributed by atoms with Crippen molar-refractivity contribution in [3.8, 4) is 0 Å². The van der Waals surface area contributed by atoms with Crippen LogP contribution in [0.5, 0.6) is 0 Å². The Kier molecular flexibility index (Phi) is 4.63. The number of nitrogens with one attached hydrogen (secondary N) is 1. The van der Waals surface area contributed by atoms with Crippen LogP contribution in [0.2, 0.25) is 0 Å². The number of sulfone groups is 1. The van der Waals surface area contributed by atoms with Crippen molar-refractivity contribution in [3.63, 3.8) is 0 Å². The first kappa shape index (κ1) is 15.7. The highest BCUT2D eigenvalue weighted by Crippen LogP contribution is 2.29. The minimum absolute atomic E-state index is 0.157. The summed E-state index contributed by atoms with van der Waals surface area (Å²) in [5, 5.41) is 3.34. The smallest absolute Gasteiger partial charge is 0.225 e. The summed E-state index contributed by atoms with van der Waals surface area (Å²) in [5.74, 6) is 0.845. The van der Waals surface area contributed by atoms with Crippen molar-refractivity contribution >= 4 is 15.8 Å². The van der Waals surface area contributed by atoms with Crippen LogP contribution in [0.3, 0.4) is 0 Å². The third-order valence-electron chi connectivity index (χ3n) is 4.49. The van der Waals surface area contributed by atoms with Crippen LogP contribution < -0.4 is 10.2 Å². The van der Waals surface area contributed by atoms with Crippen molar-refractivity contribution in [2.75, 3.05) is 37.3 Å². The molecule has 22 heavy (non-hydrogen) atoms. The van der Waals surface area contributed by atoms with Crippen LogP contribution in [0.1, 0.15) is 43.7 Å². The third kappa shape index (κ3) is 3.41. The number of nitrogens with zero attached hydrogens (tertiary/aromatic N) is 3. The Balaban J connectivity index is 1.97. The fraction of sp³-hybridized carbons (Fsp3) is 0.733. The van der Waals surface area contributed by atoms with Crippen LogP contribution in [-0.4, -0.2) is 50.8 Å². The van der Waals surface area contributed by atoms with Crippen molar-refractivity contribution < 1.29 is 8.42 Å². The van der Waals surface area contributed by atoms with Crippen molar-refractivity contribution in [2.24, 2.45) is 0 Å². The molecule has 0 unspecified atom stereocenters. The zero-order valence-electron chi connectivity index (χ0n) is 13.1. The first-order chi connectivity index (χ1) is 10.6. The van der Waals surface area contributed by atoms with E-state index in [1.165, 1.54) is 18.9 Å². The summed E-state index contributed by atoms with van der Waals surface area (Å²) in [5.41, 5.74) is 0.699. The second kappa shape index (κ2) is 6.50. The Morgan fingerprint density at radius 1 is 1.23 bits per heavy atom. The van der Waals surface area contributed by atoms with Gasteiger partial charge in [0, 0.05) is 31.8 Å². The van der Waals surface area contributed by atoms with Gasteiger partial charge in [-0.2, -0.15) is 0 Å². The van der Waals surface area contributed by atoms with Crippen LogP contribution in [0.15, 0.2) is 11.1 Å². The molecule has 0 saturated carbocycles. The first-order valence-corrected chi connectivity index (χ1v) is 9.97. The van der Waals surface area contributed by atoms with Gasteiger partial charge in [-0.25, -0.2) is 18.4 Å². The van der Waals surface area contributed by atoms with Crippen LogP contribution in [0.25, 0.3) is 0 Å². The van der Waals surface area contributed by atoms with Crippen molar-refractivity contribution in [1.82, 2.24) is 15.3 Å². The van der Waals surface area contributed by atoms with Gasteiger partial charge in [-0.3, -0.25) is 0 Å². The third-order valence-corrected chi connectivity index (χ3v) is 5.61. The lowest BCUT2D eigenvalue weighted by molar-refractivity contribution is 0.447. The summed E-state index contributed by atoms with van der Waals surface area (Å²) in [6, 6.07) is 0. The van der Waals surface area contributed by atoms with Gasteiger partial charge in [0.05, 0.1) is 11.9 Å². The van der Waals surface area contributed by atoms with Crippen molar-refractivity contribution in [2.45, 2.75) is 42.9 Å². The maximum atomic E-state index is 12.1. The van der Waals surface area contributed by atoms with Crippen molar-refractivity contribution in [3.05, 3.63) is 11.9 Å². The quantitative estimate of drug-likeness (QED) is 0.904. The minimum atomic E-state index is -3.30. The van der Waals surface area contributed by atoms with Crippen LogP contribution >= 0.6 is 0 Å². The van der Waals surface area contributed by atoms with Gasteiger partial charge < -0.3 is 10.2 Å². The number of hydrogen-bond donors (Lipinski definition) is 1. The molecular formula is C15H24N4O2S. The zero-order valence-corrected chi connectivity index (χ0v) is 13.9. The highest BCUT2D eigenvalue weighted by atomic mass is 32.2. The average Bonchev–Trinajstić information content (AvgIpc) is 2.55. The van der Waals surface area contributed by atoms with E-state index in [2.05, 4.69) is 20.2 Å². The van der Waals surface area contributed by atoms with E-state index in [4.69, 9.17) is 0 Å². The topological polar surface area (TPSA) is 75.2 Å². The molecule has 0 bridgehead atoms. The molecule has 1 atom stereocenters. The normalized spacial score (nSPS) is 23.5. The van der Waals surface area contributed by atoms with Crippen molar-refractivity contribution in [1.29, 1.82) is 0 Å². The molecule has 0 spiro atoms. The molecule has 122 valence electrons. The highest BCUT2D eigenvalue weighted by molar-refractivity contribution is 7.90. The van der Waals surface area contributed by atoms with E-state index in [1.54, 1.807) is 0 Å². The SMILES string of the molecule is CS(=O)(=O)c1cnc(N2CCCCC2)nc1[C@H]1CCCNC1. The van der Waals surface area contributed by atoms with Gasteiger partial charge in [0.1, 0.15) is 4.90 Å². The predicted octanol–water partition coefficient (Wildman–Crippen LogP) is 1.34. The summed E-state index contributed by atoms with van der Waals surface area (Å²) in [7, 11) is -3.30. The molecule has 1 N–H and O–H groups in total. The zero-order chi connectivity index (χ0) is 15.6. The molecule has 2 fully saturated rings. The number of hydrogen-bond acceptors (Lipinski definition) is 6. The second-order valence-electron chi connectivity index (χ2n) is 6.28. The lowest BCUT2D eigenvalue weighted by Crippen LogP contribution is -2.33. The summed E-state index contributed by atoms with van der Waals surface area (Å²) < 4.78 is 24.1. The molecular weight excluding hydrogens is 300 g/mol. The summed E-state index contributed by atoms with van der Waals surface area (Å²) in [6.45, 7) is 3.70. The van der Waals surface area contributed by atoms with E-state index in [-0.39, 0.29) is 5.92 Å². The van der Waals surface area contributed by atoms with Gasteiger partial charge in [0.25, 0.3) is 0 Å². The highest BCUT2D eigenvalue weighted by Gasteiger charge is 2.26. The standard InChI is InChI=1S/C15H24N4O2S/c1-22(20,21)13-11-17-15(19-8-3-2-4-9-19)18-14(13)12-6-5-7-16-10-12/h11-12,16H,2-10H2,1H3/t12-/m0/s1. The van der Waals surface area contributed by atoms with E-state index in [0.29, 0.717) is 16.5 Å². The molecule has 0 aromatic carbocycles. The van der Waals surface area contributed by atoms with E-state index >= 15 is 0 Å². The number of aromatic nitrogens is 2. The van der Waals surface area contributed by atoms with Gasteiger partial charge in [-0.1, -0.05) is 0 Å². The molecule has 2 saturated heterocycles. The van der Waals surface area contributed by atoms with E-state index in [0.717, 1.165) is 51.9 Å². The number of rotatable bonds is 3. The lowest BCUT2D eigenvalue weighted by atomic mass is 9.96. The molecule has 0 aliphatic carbocycles. The first-order valence-electron chi connectivity index (χ1n) is 8.08. The molecule has 7 heteroatoms. The molecule has 0 amide bonds. The largest absolute Gasteiger partial charge is 0.341 e. The van der Waals surface area contributed by atoms with Gasteiger partial charge in [0.2, 0.25) is 5.95 Å². The maximum absolute atomic E-state index is 12.1. The van der Waals surface area contributed by atoms with Crippen LogP contribution in [0, 0.1) is 0 Å². The molecule has 2 aliphatic rings. The molecule has 1 aromatic heterocycles. The Labute approximate surface area is 132 Å². The summed E-state index contributed by atoms with van der Waals surface area (Å²) in [6.07, 6.45) is 8.33. The monoisotopic (exact) mass is 324 g/mol. The van der Waals surface area contributed by atoms with Gasteiger partial charge >= 0.3 is 0 Å². The molecule has 3 heterocycles.